The number of nitrogens with zero attached hydrogens (tertiary/aromatic N) is 1. The van der Waals surface area contributed by atoms with Crippen molar-refractivity contribution in [1.82, 2.24) is 0 Å². The summed E-state index contributed by atoms with van der Waals surface area (Å²) in [5.41, 5.74) is 1.86. The number of amides is 1. The quantitative estimate of drug-likeness (QED) is 0.602. The maximum Gasteiger partial charge on any atom is 0.277 e. The van der Waals surface area contributed by atoms with Crippen molar-refractivity contribution >= 4 is 23.1 Å². The predicted molar refractivity (Wildman–Crippen MR) is 123 cm³/mol. The highest BCUT2D eigenvalue weighted by Gasteiger charge is 2.63. The molecule has 1 amide bonds. The van der Waals surface area contributed by atoms with Gasteiger partial charge in [-0.1, -0.05) is 53.2 Å². The molecule has 0 saturated heterocycles. The lowest BCUT2D eigenvalue weighted by molar-refractivity contribution is -0.140. The summed E-state index contributed by atoms with van der Waals surface area (Å²) in [7, 11) is 3.08. The number of benzene rings is 3. The maximum absolute atomic E-state index is 14.0. The van der Waals surface area contributed by atoms with E-state index in [1.54, 1.807) is 49.6 Å². The van der Waals surface area contributed by atoms with Crippen molar-refractivity contribution in [2.45, 2.75) is 12.5 Å². The van der Waals surface area contributed by atoms with Gasteiger partial charge in [-0.3, -0.25) is 9.59 Å². The Morgan fingerprint density at radius 2 is 1.79 bits per heavy atom. The normalized spacial score (nSPS) is 20.6. The summed E-state index contributed by atoms with van der Waals surface area (Å²) < 4.78 is 10.9. The number of hydrogen-bond acceptors (Lipinski definition) is 6. The Kier molecular flexibility index (Phi) is 4.89. The fourth-order valence-electron chi connectivity index (χ4n) is 4.46. The molecular weight excluding hydrogens is 420 g/mol. The Morgan fingerprint density at radius 3 is 2.52 bits per heavy atom. The summed E-state index contributed by atoms with van der Waals surface area (Å²) >= 11 is 0. The van der Waals surface area contributed by atoms with Crippen LogP contribution in [0.25, 0.3) is 0 Å². The first-order chi connectivity index (χ1) is 16.0. The van der Waals surface area contributed by atoms with Crippen LogP contribution < -0.4 is 14.8 Å². The van der Waals surface area contributed by atoms with E-state index in [1.165, 1.54) is 7.11 Å². The number of para-hydroxylation sites is 1. The van der Waals surface area contributed by atoms with Gasteiger partial charge in [0.2, 0.25) is 0 Å². The Balaban J connectivity index is 1.72. The minimum absolute atomic E-state index is 0.275. The molecule has 3 aromatic rings. The van der Waals surface area contributed by atoms with Gasteiger partial charge in [0.05, 0.1) is 14.2 Å². The third kappa shape index (κ3) is 3.08. The van der Waals surface area contributed by atoms with E-state index in [0.717, 1.165) is 5.56 Å². The smallest absolute Gasteiger partial charge is 0.277 e. The van der Waals surface area contributed by atoms with Crippen LogP contribution in [0.5, 0.6) is 11.5 Å². The lowest BCUT2D eigenvalue weighted by Crippen LogP contribution is -2.46. The maximum atomic E-state index is 14.0. The number of carbonyl (C=O) groups is 2. The zero-order chi connectivity index (χ0) is 23.2. The number of oxime groups is 1. The third-order valence-corrected chi connectivity index (χ3v) is 6.16. The van der Waals surface area contributed by atoms with Gasteiger partial charge in [0, 0.05) is 22.4 Å². The molecule has 0 unspecified atom stereocenters. The van der Waals surface area contributed by atoms with E-state index in [1.807, 2.05) is 31.2 Å². The zero-order valence-corrected chi connectivity index (χ0v) is 18.4. The van der Waals surface area contributed by atoms with Gasteiger partial charge in [0.25, 0.3) is 11.5 Å². The van der Waals surface area contributed by atoms with E-state index >= 15 is 0 Å². The van der Waals surface area contributed by atoms with Crippen molar-refractivity contribution in [3.8, 4) is 11.5 Å². The van der Waals surface area contributed by atoms with Gasteiger partial charge in [-0.05, 0) is 31.2 Å². The van der Waals surface area contributed by atoms with Crippen LogP contribution in [0.15, 0.2) is 71.9 Å². The van der Waals surface area contributed by atoms with E-state index < -0.39 is 17.4 Å². The van der Waals surface area contributed by atoms with Crippen molar-refractivity contribution in [3.05, 3.63) is 89.0 Å². The molecule has 0 fully saturated rings. The SMILES string of the molecule is COc1ccc(OC)c(C2=NO[C@]3(C(=O)Nc4ccccc43)[C@@H]2C(=O)c2ccc(C)cc2)c1. The highest BCUT2D eigenvalue weighted by atomic mass is 16.7. The monoisotopic (exact) mass is 442 g/mol. The van der Waals surface area contributed by atoms with Gasteiger partial charge in [0.15, 0.2) is 5.78 Å². The molecule has 33 heavy (non-hydrogen) atoms. The second-order valence-corrected chi connectivity index (χ2v) is 8.03. The van der Waals surface area contributed by atoms with Crippen molar-refractivity contribution in [3.63, 3.8) is 0 Å². The number of anilines is 1. The predicted octanol–water partition coefficient (Wildman–Crippen LogP) is 4.09. The number of aryl methyl sites for hydroxylation is 1. The summed E-state index contributed by atoms with van der Waals surface area (Å²) in [6, 6.07) is 19.6. The molecule has 0 bridgehead atoms. The van der Waals surface area contributed by atoms with Crippen LogP contribution in [0.1, 0.15) is 27.0 Å². The number of fused-ring (bicyclic) bond motifs is 2. The summed E-state index contributed by atoms with van der Waals surface area (Å²) in [6.45, 7) is 1.95. The molecule has 0 aromatic heterocycles. The van der Waals surface area contributed by atoms with Crippen molar-refractivity contribution in [2.75, 3.05) is 19.5 Å². The zero-order valence-electron chi connectivity index (χ0n) is 18.4. The fraction of sp³-hybridized carbons (Fsp3) is 0.192. The highest BCUT2D eigenvalue weighted by Crippen LogP contribution is 2.50. The summed E-state index contributed by atoms with van der Waals surface area (Å²) in [5, 5.41) is 7.17. The Labute approximate surface area is 191 Å². The number of methoxy groups -OCH3 is 2. The molecule has 2 atom stereocenters. The molecule has 3 aromatic carbocycles. The molecule has 0 aliphatic carbocycles. The third-order valence-electron chi connectivity index (χ3n) is 6.16. The summed E-state index contributed by atoms with van der Waals surface area (Å²) in [5.74, 6) is -0.696. The number of hydrogen-bond donors (Lipinski definition) is 1. The van der Waals surface area contributed by atoms with Gasteiger partial charge in [-0.25, -0.2) is 0 Å². The Hall–Kier alpha value is -4.13. The first-order valence-corrected chi connectivity index (χ1v) is 10.5. The van der Waals surface area contributed by atoms with Crippen molar-refractivity contribution in [2.24, 2.45) is 11.1 Å². The van der Waals surface area contributed by atoms with Gasteiger partial charge in [0.1, 0.15) is 23.1 Å². The molecule has 5 rings (SSSR count). The molecule has 2 aliphatic heterocycles. The standard InChI is InChI=1S/C26H22N2O5/c1-15-8-10-16(11-9-15)24(29)22-23(18-14-17(31-2)12-13-21(18)32-3)28-33-26(22)19-6-4-5-7-20(19)27-25(26)30/h4-14,22H,1-3H3,(H,27,30)/t22-,26-/m0/s1. The van der Waals surface area contributed by atoms with Crippen molar-refractivity contribution in [1.29, 1.82) is 0 Å². The second kappa shape index (κ2) is 7.78. The van der Waals surface area contributed by atoms with Crippen LogP contribution >= 0.6 is 0 Å². The molecule has 166 valence electrons. The summed E-state index contributed by atoms with van der Waals surface area (Å²) in [4.78, 5) is 33.3. The number of nitrogens with one attached hydrogen (secondary N) is 1. The fourth-order valence-corrected chi connectivity index (χ4v) is 4.46. The van der Waals surface area contributed by atoms with Gasteiger partial charge < -0.3 is 19.6 Å². The molecule has 7 nitrogen and oxygen atoms in total. The number of ether oxygens (including phenoxy) is 2. The average molecular weight is 442 g/mol. The number of Topliss-reactive ketones (excluding diaryl/α,β-unsaturated/α-hetero) is 1. The first-order valence-electron chi connectivity index (χ1n) is 10.5. The van der Waals surface area contributed by atoms with E-state index in [2.05, 4.69) is 10.5 Å². The number of ketones is 1. The number of rotatable bonds is 5. The van der Waals surface area contributed by atoms with Crippen LogP contribution in [0.2, 0.25) is 0 Å². The van der Waals surface area contributed by atoms with E-state index in [0.29, 0.717) is 39.6 Å². The van der Waals surface area contributed by atoms with Gasteiger partial charge in [-0.2, -0.15) is 0 Å². The van der Waals surface area contributed by atoms with E-state index in [9.17, 15) is 9.59 Å². The van der Waals surface area contributed by atoms with Crippen LogP contribution in [0, 0.1) is 12.8 Å². The van der Waals surface area contributed by atoms with E-state index in [4.69, 9.17) is 14.3 Å². The summed E-state index contributed by atoms with van der Waals surface area (Å²) in [6.07, 6.45) is 0. The second-order valence-electron chi connectivity index (χ2n) is 8.03. The molecule has 2 heterocycles. The van der Waals surface area contributed by atoms with E-state index in [-0.39, 0.29) is 5.78 Å². The Morgan fingerprint density at radius 1 is 1.03 bits per heavy atom. The van der Waals surface area contributed by atoms with Crippen LogP contribution in [0.3, 0.4) is 0 Å². The van der Waals surface area contributed by atoms with Crippen LogP contribution in [0.4, 0.5) is 5.69 Å². The Bertz CT molecular complexity index is 1300. The minimum Gasteiger partial charge on any atom is -0.497 e. The molecule has 2 aliphatic rings. The number of carbonyl (C=O) groups excluding carboxylic acids is 2. The van der Waals surface area contributed by atoms with Crippen LogP contribution in [-0.2, 0) is 15.2 Å². The molecule has 7 heteroatoms. The minimum atomic E-state index is -1.62. The molecule has 1 N–H and O–H groups in total. The molecular formula is C26H22N2O5. The topological polar surface area (TPSA) is 86.2 Å². The molecule has 0 saturated carbocycles. The van der Waals surface area contributed by atoms with Gasteiger partial charge >= 0.3 is 0 Å². The average Bonchev–Trinajstić information content (AvgIpc) is 3.37. The molecule has 0 radical (unpaired) electrons. The largest absolute Gasteiger partial charge is 0.497 e. The van der Waals surface area contributed by atoms with Crippen molar-refractivity contribution < 1.29 is 23.9 Å². The lowest BCUT2D eigenvalue weighted by Gasteiger charge is -2.27. The molecule has 1 spiro atoms. The first kappa shape index (κ1) is 20.8. The highest BCUT2D eigenvalue weighted by molar-refractivity contribution is 6.25. The lowest BCUT2D eigenvalue weighted by atomic mass is 9.74. The van der Waals surface area contributed by atoms with Gasteiger partial charge in [-0.15, -0.1) is 0 Å². The van der Waals surface area contributed by atoms with Crippen LogP contribution in [-0.4, -0.2) is 31.6 Å².